The number of nitrogens with zero attached hydrogens (tertiary/aromatic N) is 1. The minimum atomic E-state index is -0.990. The van der Waals surface area contributed by atoms with Crippen molar-refractivity contribution in [2.75, 3.05) is 13.7 Å². The van der Waals surface area contributed by atoms with Gasteiger partial charge in [0.25, 0.3) is 0 Å². The Kier molecular flexibility index (Phi) is 8.54. The number of carbonyl (C=O) groups is 3. The summed E-state index contributed by atoms with van der Waals surface area (Å²) in [5.41, 5.74) is 5.46. The van der Waals surface area contributed by atoms with E-state index in [1.54, 1.807) is 18.4 Å². The number of thiophene rings is 1. The summed E-state index contributed by atoms with van der Waals surface area (Å²) in [5.74, 6) is -2.04. The Labute approximate surface area is 244 Å². The summed E-state index contributed by atoms with van der Waals surface area (Å²) in [6.45, 7) is 4.03. The first kappa shape index (κ1) is 28.6. The van der Waals surface area contributed by atoms with Crippen LogP contribution in [0.5, 0.6) is 0 Å². The first-order valence-corrected chi connectivity index (χ1v) is 14.9. The second-order valence-corrected chi connectivity index (χ2v) is 12.1. The molecule has 6 nitrogen and oxygen atoms in total. The summed E-state index contributed by atoms with van der Waals surface area (Å²) >= 11 is 1.59. The molecule has 4 aromatic rings. The van der Waals surface area contributed by atoms with Crippen molar-refractivity contribution >= 4 is 39.3 Å². The molecule has 212 valence electrons. The van der Waals surface area contributed by atoms with Crippen LogP contribution in [0.1, 0.15) is 49.3 Å². The first-order chi connectivity index (χ1) is 19.7. The van der Waals surface area contributed by atoms with E-state index in [0.717, 1.165) is 37.9 Å². The third kappa shape index (κ3) is 6.05. The molecule has 1 heterocycles. The molecule has 7 heteroatoms. The number of rotatable bonds is 11. The van der Waals surface area contributed by atoms with Gasteiger partial charge in [0.15, 0.2) is 5.78 Å². The molecule has 0 spiro atoms. The van der Waals surface area contributed by atoms with E-state index in [9.17, 15) is 19.5 Å². The molecule has 0 fully saturated rings. The zero-order valence-electron chi connectivity index (χ0n) is 23.6. The van der Waals surface area contributed by atoms with Crippen LogP contribution in [0, 0.1) is 11.8 Å². The van der Waals surface area contributed by atoms with Gasteiger partial charge < -0.3 is 14.7 Å². The normalized spacial score (nSPS) is 14.0. The molecule has 0 saturated heterocycles. The SMILES string of the molecule is CC(C)C[C@H](CC(=O)[C@H](Cc1csc2ccccc12)N(C)C(=O)OCC1c2ccccc2-c2ccccc21)C(=O)O. The van der Waals surface area contributed by atoms with Crippen molar-refractivity contribution in [3.63, 3.8) is 0 Å². The zero-order chi connectivity index (χ0) is 29.1. The van der Waals surface area contributed by atoms with Crippen LogP contribution in [0.2, 0.25) is 0 Å². The van der Waals surface area contributed by atoms with Crippen LogP contribution < -0.4 is 0 Å². The Morgan fingerprint density at radius 2 is 1.54 bits per heavy atom. The number of aliphatic carboxylic acids is 1. The number of hydrogen-bond donors (Lipinski definition) is 1. The molecule has 0 unspecified atom stereocenters. The van der Waals surface area contributed by atoms with Crippen molar-refractivity contribution in [1.29, 1.82) is 0 Å². The van der Waals surface area contributed by atoms with Crippen molar-refractivity contribution in [3.8, 4) is 11.1 Å². The molecule has 1 aliphatic rings. The highest BCUT2D eigenvalue weighted by Crippen LogP contribution is 2.44. The molecule has 2 atom stereocenters. The topological polar surface area (TPSA) is 83.9 Å². The Morgan fingerprint density at radius 3 is 2.17 bits per heavy atom. The highest BCUT2D eigenvalue weighted by molar-refractivity contribution is 7.17. The van der Waals surface area contributed by atoms with E-state index in [0.29, 0.717) is 6.42 Å². The summed E-state index contributed by atoms with van der Waals surface area (Å²) in [6.07, 6.45) is -0.0525. The van der Waals surface area contributed by atoms with Crippen molar-refractivity contribution in [2.45, 2.75) is 45.1 Å². The average molecular weight is 570 g/mol. The summed E-state index contributed by atoms with van der Waals surface area (Å²) in [6, 6.07) is 23.4. The van der Waals surface area contributed by atoms with E-state index < -0.39 is 24.0 Å². The van der Waals surface area contributed by atoms with Crippen molar-refractivity contribution < 1.29 is 24.2 Å². The number of ketones is 1. The predicted octanol–water partition coefficient (Wildman–Crippen LogP) is 7.40. The van der Waals surface area contributed by atoms with Gasteiger partial charge in [-0.05, 0) is 57.0 Å². The summed E-state index contributed by atoms with van der Waals surface area (Å²) in [4.78, 5) is 40.6. The van der Waals surface area contributed by atoms with Gasteiger partial charge >= 0.3 is 12.1 Å². The van der Waals surface area contributed by atoms with Crippen LogP contribution in [-0.4, -0.2) is 47.5 Å². The lowest BCUT2D eigenvalue weighted by atomic mass is 9.89. The molecule has 0 bridgehead atoms. The highest BCUT2D eigenvalue weighted by Gasteiger charge is 2.34. The average Bonchev–Trinajstić information content (AvgIpc) is 3.52. The number of fused-ring (bicyclic) bond motifs is 4. The molecule has 1 amide bonds. The Bertz CT molecular complexity index is 1530. The van der Waals surface area contributed by atoms with Crippen LogP contribution in [0.3, 0.4) is 0 Å². The van der Waals surface area contributed by atoms with Crippen LogP contribution in [0.25, 0.3) is 21.2 Å². The number of carboxylic acid groups (broad SMARTS) is 1. The first-order valence-electron chi connectivity index (χ1n) is 14.0. The van der Waals surface area contributed by atoms with Crippen LogP contribution in [-0.2, 0) is 20.7 Å². The third-order valence-electron chi connectivity index (χ3n) is 7.99. The van der Waals surface area contributed by atoms with E-state index in [2.05, 4.69) is 24.3 Å². The number of ether oxygens (including phenoxy) is 1. The van der Waals surface area contributed by atoms with E-state index in [-0.39, 0.29) is 37.1 Å². The van der Waals surface area contributed by atoms with Gasteiger partial charge in [0.05, 0.1) is 12.0 Å². The van der Waals surface area contributed by atoms with Gasteiger partial charge in [0, 0.05) is 30.5 Å². The van der Waals surface area contributed by atoms with Crippen LogP contribution in [0.15, 0.2) is 78.2 Å². The van der Waals surface area contributed by atoms with E-state index in [1.807, 2.05) is 67.8 Å². The molecule has 41 heavy (non-hydrogen) atoms. The monoisotopic (exact) mass is 569 g/mol. The van der Waals surface area contributed by atoms with Crippen molar-refractivity contribution in [2.24, 2.45) is 11.8 Å². The van der Waals surface area contributed by atoms with E-state index >= 15 is 0 Å². The van der Waals surface area contributed by atoms with Gasteiger partial charge in [-0.2, -0.15) is 0 Å². The van der Waals surface area contributed by atoms with E-state index in [1.165, 1.54) is 4.90 Å². The minimum Gasteiger partial charge on any atom is -0.481 e. The molecule has 0 aliphatic heterocycles. The molecule has 0 radical (unpaired) electrons. The van der Waals surface area contributed by atoms with Crippen molar-refractivity contribution in [3.05, 3.63) is 94.9 Å². The molecule has 1 N–H and O–H groups in total. The smallest absolute Gasteiger partial charge is 0.410 e. The molecular formula is C34H35NO5S. The van der Waals surface area contributed by atoms with Gasteiger partial charge in [-0.15, -0.1) is 11.3 Å². The van der Waals surface area contributed by atoms with Crippen LogP contribution in [0.4, 0.5) is 4.79 Å². The van der Waals surface area contributed by atoms with E-state index in [4.69, 9.17) is 4.74 Å². The molecular weight excluding hydrogens is 534 g/mol. The largest absolute Gasteiger partial charge is 0.481 e. The molecule has 5 rings (SSSR count). The second kappa shape index (κ2) is 12.3. The Hall–Kier alpha value is -3.97. The number of carboxylic acids is 1. The maximum Gasteiger partial charge on any atom is 0.410 e. The minimum absolute atomic E-state index is 0.0999. The molecule has 1 aromatic heterocycles. The Morgan fingerprint density at radius 1 is 0.927 bits per heavy atom. The lowest BCUT2D eigenvalue weighted by Crippen LogP contribution is -2.45. The van der Waals surface area contributed by atoms with Crippen LogP contribution >= 0.6 is 11.3 Å². The van der Waals surface area contributed by atoms with Gasteiger partial charge in [0.1, 0.15) is 6.61 Å². The standard InChI is InChI=1S/C34H35NO5S/c1-21(2)16-22(33(37)38)18-31(36)30(17-23-20-41-32-15-9-8-10-24(23)32)35(3)34(39)40-19-29-27-13-6-4-11-25(27)26-12-5-7-14-28(26)29/h4-15,20-22,29-30H,16-19H2,1-3H3,(H,37,38)/t22-,30+/m1/s1. The number of Topliss-reactive ketones (excluding diaryl/α,β-unsaturated/α-hetero) is 1. The number of hydrogen-bond acceptors (Lipinski definition) is 5. The lowest BCUT2D eigenvalue weighted by Gasteiger charge is -2.28. The summed E-state index contributed by atoms with van der Waals surface area (Å²) in [7, 11) is 1.58. The second-order valence-electron chi connectivity index (χ2n) is 11.2. The van der Waals surface area contributed by atoms with Gasteiger partial charge in [-0.25, -0.2) is 4.79 Å². The lowest BCUT2D eigenvalue weighted by molar-refractivity contribution is -0.144. The van der Waals surface area contributed by atoms with Gasteiger partial charge in [-0.3, -0.25) is 9.59 Å². The fourth-order valence-corrected chi connectivity index (χ4v) is 6.88. The predicted molar refractivity (Wildman–Crippen MR) is 162 cm³/mol. The third-order valence-corrected chi connectivity index (χ3v) is 9.00. The summed E-state index contributed by atoms with van der Waals surface area (Å²) in [5, 5.41) is 12.9. The number of carbonyl (C=O) groups excluding carboxylic acids is 2. The summed E-state index contributed by atoms with van der Waals surface area (Å²) < 4.78 is 6.98. The molecule has 1 aliphatic carbocycles. The quantitative estimate of drug-likeness (QED) is 0.203. The van der Waals surface area contributed by atoms with Crippen molar-refractivity contribution in [1.82, 2.24) is 4.90 Å². The maximum absolute atomic E-state index is 13.7. The number of benzene rings is 3. The molecule has 0 saturated carbocycles. The Balaban J connectivity index is 1.37. The number of likely N-dealkylation sites (N-methyl/N-ethyl adjacent to an activating group) is 1. The van der Waals surface area contributed by atoms with Gasteiger partial charge in [0.2, 0.25) is 0 Å². The molecule has 3 aromatic carbocycles. The fraction of sp³-hybridized carbons (Fsp3) is 0.324. The highest BCUT2D eigenvalue weighted by atomic mass is 32.1. The fourth-order valence-electron chi connectivity index (χ4n) is 5.91. The maximum atomic E-state index is 13.7. The zero-order valence-corrected chi connectivity index (χ0v) is 24.4. The number of amides is 1. The van der Waals surface area contributed by atoms with Gasteiger partial charge in [-0.1, -0.05) is 80.6 Å².